The summed E-state index contributed by atoms with van der Waals surface area (Å²) in [6.07, 6.45) is 4.24. The third-order valence-electron chi connectivity index (χ3n) is 6.68. The molecular formula is C31H33IrN2-. The van der Waals surface area contributed by atoms with Crippen LogP contribution in [0.25, 0.3) is 38.6 Å². The van der Waals surface area contributed by atoms with Crippen molar-refractivity contribution in [2.24, 2.45) is 11.8 Å². The molecule has 2 aromatic heterocycles. The molecule has 0 spiro atoms. The minimum absolute atomic E-state index is 0. The Kier molecular flexibility index (Phi) is 6.99. The Morgan fingerprint density at radius 1 is 0.853 bits per heavy atom. The van der Waals surface area contributed by atoms with Gasteiger partial charge in [0.15, 0.2) is 0 Å². The average Bonchev–Trinajstić information content (AvgIpc) is 3.19. The zero-order chi connectivity index (χ0) is 23.3. The van der Waals surface area contributed by atoms with Crippen LogP contribution in [0.1, 0.15) is 49.9 Å². The van der Waals surface area contributed by atoms with Crippen molar-refractivity contribution in [3.05, 3.63) is 83.0 Å². The summed E-state index contributed by atoms with van der Waals surface area (Å²) in [5.74, 6) is 1.23. The van der Waals surface area contributed by atoms with Gasteiger partial charge in [-0.25, -0.2) is 0 Å². The van der Waals surface area contributed by atoms with Crippen molar-refractivity contribution in [2.45, 2.75) is 54.4 Å². The first-order valence-electron chi connectivity index (χ1n) is 12.2. The van der Waals surface area contributed by atoms with Crippen LogP contribution in [0.2, 0.25) is 0 Å². The van der Waals surface area contributed by atoms with Gasteiger partial charge in [-0.3, -0.25) is 4.98 Å². The molecule has 0 N–H and O–H groups in total. The van der Waals surface area contributed by atoms with E-state index in [9.17, 15) is 0 Å². The molecule has 3 aromatic carbocycles. The molecule has 0 fully saturated rings. The van der Waals surface area contributed by atoms with Crippen molar-refractivity contribution in [1.29, 1.82) is 0 Å². The molecule has 0 bridgehead atoms. The van der Waals surface area contributed by atoms with E-state index in [0.29, 0.717) is 11.8 Å². The van der Waals surface area contributed by atoms with Crippen LogP contribution < -0.4 is 0 Å². The van der Waals surface area contributed by atoms with Crippen LogP contribution in [0.3, 0.4) is 0 Å². The van der Waals surface area contributed by atoms with Crippen LogP contribution in [0, 0.1) is 31.7 Å². The number of imidazole rings is 1. The third-order valence-corrected chi connectivity index (χ3v) is 6.68. The second-order valence-corrected chi connectivity index (χ2v) is 10.4. The maximum atomic E-state index is 4.95. The van der Waals surface area contributed by atoms with E-state index in [4.69, 9.17) is 4.98 Å². The molecule has 0 atom stereocenters. The Morgan fingerprint density at radius 3 is 2.15 bits per heavy atom. The van der Waals surface area contributed by atoms with E-state index in [1.165, 1.54) is 44.1 Å². The molecule has 1 radical (unpaired) electrons. The minimum atomic E-state index is 0. The summed E-state index contributed by atoms with van der Waals surface area (Å²) < 4.78 is 2.38. The minimum Gasteiger partial charge on any atom is -0.333 e. The Morgan fingerprint density at radius 2 is 1.50 bits per heavy atom. The van der Waals surface area contributed by atoms with Crippen LogP contribution in [0.4, 0.5) is 0 Å². The number of pyridine rings is 1. The topological polar surface area (TPSA) is 17.3 Å². The van der Waals surface area contributed by atoms with Crippen molar-refractivity contribution in [1.82, 2.24) is 9.38 Å². The normalized spacial score (nSPS) is 11.8. The molecule has 0 aliphatic rings. The molecule has 177 valence electrons. The van der Waals surface area contributed by atoms with Crippen molar-refractivity contribution >= 4 is 27.3 Å². The van der Waals surface area contributed by atoms with Crippen molar-refractivity contribution in [2.75, 3.05) is 0 Å². The van der Waals surface area contributed by atoms with Gasteiger partial charge in [-0.05, 0) is 72.2 Å². The SMILES string of the molecule is Cc1cccc(C)c1-c1cnc2c3[c-]cccc3c3cc(CC(C)C)c(CC(C)C)cc3n12.[Ir]. The van der Waals surface area contributed by atoms with Crippen LogP contribution in [-0.4, -0.2) is 9.38 Å². The molecule has 0 saturated heterocycles. The molecule has 0 amide bonds. The molecule has 0 saturated carbocycles. The first-order chi connectivity index (χ1) is 15.8. The summed E-state index contributed by atoms with van der Waals surface area (Å²) in [5, 5.41) is 3.62. The molecule has 0 unspecified atom stereocenters. The molecule has 2 heterocycles. The molecule has 5 aromatic rings. The van der Waals surface area contributed by atoms with E-state index in [2.05, 4.69) is 101 Å². The second kappa shape index (κ2) is 9.64. The Labute approximate surface area is 216 Å². The van der Waals surface area contributed by atoms with Gasteiger partial charge in [-0.2, -0.15) is 0 Å². The standard InChI is InChI=1S/C31H33N2.Ir/c1-19(2)14-23-16-27-25-12-7-8-13-26(25)31-32-18-29(30-21(5)10-9-11-22(30)6)33(31)28(27)17-24(23)15-20(3)4;/h7-12,16-20H,14-15H2,1-6H3;/q-1;. The van der Waals surface area contributed by atoms with Gasteiger partial charge in [-0.15, -0.1) is 29.7 Å². The van der Waals surface area contributed by atoms with Gasteiger partial charge >= 0.3 is 0 Å². The molecule has 5 rings (SSSR count). The first-order valence-corrected chi connectivity index (χ1v) is 12.2. The first kappa shape index (κ1) is 24.6. The van der Waals surface area contributed by atoms with E-state index in [1.807, 2.05) is 6.07 Å². The Hall–Kier alpha value is -2.48. The van der Waals surface area contributed by atoms with E-state index in [1.54, 1.807) is 0 Å². The Bertz CT molecular complexity index is 1470. The fourth-order valence-corrected chi connectivity index (χ4v) is 5.35. The average molecular weight is 626 g/mol. The number of rotatable bonds is 5. The quantitative estimate of drug-likeness (QED) is 0.142. The summed E-state index contributed by atoms with van der Waals surface area (Å²) in [4.78, 5) is 4.95. The van der Waals surface area contributed by atoms with Gasteiger partial charge < -0.3 is 4.40 Å². The fraction of sp³-hybridized carbons (Fsp3) is 0.323. The van der Waals surface area contributed by atoms with Crippen LogP contribution >= 0.6 is 0 Å². The van der Waals surface area contributed by atoms with E-state index in [0.717, 1.165) is 29.6 Å². The van der Waals surface area contributed by atoms with Gasteiger partial charge in [0.2, 0.25) is 0 Å². The summed E-state index contributed by atoms with van der Waals surface area (Å²) in [7, 11) is 0. The fourth-order valence-electron chi connectivity index (χ4n) is 5.35. The molecular weight excluding hydrogens is 593 g/mol. The number of aryl methyl sites for hydroxylation is 2. The monoisotopic (exact) mass is 626 g/mol. The third kappa shape index (κ3) is 4.21. The van der Waals surface area contributed by atoms with Gasteiger partial charge in [0.25, 0.3) is 0 Å². The second-order valence-electron chi connectivity index (χ2n) is 10.4. The number of aromatic nitrogens is 2. The molecule has 0 aliphatic heterocycles. The van der Waals surface area contributed by atoms with Gasteiger partial charge in [0, 0.05) is 37.4 Å². The zero-order valence-electron chi connectivity index (χ0n) is 21.0. The van der Waals surface area contributed by atoms with Gasteiger partial charge in [-0.1, -0.05) is 57.3 Å². The predicted molar refractivity (Wildman–Crippen MR) is 141 cm³/mol. The van der Waals surface area contributed by atoms with Crippen LogP contribution in [0.5, 0.6) is 0 Å². The van der Waals surface area contributed by atoms with Crippen LogP contribution in [0.15, 0.2) is 54.7 Å². The number of hydrogen-bond donors (Lipinski definition) is 0. The maximum Gasteiger partial charge on any atom is 0.0639 e. The number of hydrogen-bond acceptors (Lipinski definition) is 1. The number of fused-ring (bicyclic) bond motifs is 6. The molecule has 3 heteroatoms. The van der Waals surface area contributed by atoms with Crippen LogP contribution in [-0.2, 0) is 32.9 Å². The maximum absolute atomic E-state index is 4.95. The summed E-state index contributed by atoms with van der Waals surface area (Å²) in [5.41, 5.74) is 10.2. The summed E-state index contributed by atoms with van der Waals surface area (Å²) in [6, 6.07) is 21.3. The van der Waals surface area contributed by atoms with E-state index >= 15 is 0 Å². The predicted octanol–water partition coefficient (Wildman–Crippen LogP) is 8.12. The molecule has 2 nitrogen and oxygen atoms in total. The number of benzene rings is 3. The summed E-state index contributed by atoms with van der Waals surface area (Å²) >= 11 is 0. The van der Waals surface area contributed by atoms with E-state index < -0.39 is 0 Å². The summed E-state index contributed by atoms with van der Waals surface area (Å²) in [6.45, 7) is 13.6. The van der Waals surface area contributed by atoms with Gasteiger partial charge in [0.05, 0.1) is 11.3 Å². The van der Waals surface area contributed by atoms with Crippen molar-refractivity contribution < 1.29 is 20.1 Å². The largest absolute Gasteiger partial charge is 0.333 e. The van der Waals surface area contributed by atoms with Gasteiger partial charge in [0.1, 0.15) is 0 Å². The molecule has 0 aliphatic carbocycles. The van der Waals surface area contributed by atoms with Crippen molar-refractivity contribution in [3.8, 4) is 11.3 Å². The number of nitrogens with zero attached hydrogens (tertiary/aromatic N) is 2. The Balaban J connectivity index is 0.00000274. The molecule has 34 heavy (non-hydrogen) atoms. The van der Waals surface area contributed by atoms with Crippen molar-refractivity contribution in [3.63, 3.8) is 0 Å². The van der Waals surface area contributed by atoms with E-state index in [-0.39, 0.29) is 20.1 Å². The zero-order valence-corrected chi connectivity index (χ0v) is 23.4. The smallest absolute Gasteiger partial charge is 0.0639 e.